The maximum atomic E-state index is 12.8. The van der Waals surface area contributed by atoms with Crippen molar-refractivity contribution in [3.05, 3.63) is 69.9 Å². The van der Waals surface area contributed by atoms with Crippen LogP contribution in [0.4, 0.5) is 0 Å². The summed E-state index contributed by atoms with van der Waals surface area (Å²) in [5.74, 6) is -0.725. The first-order chi connectivity index (χ1) is 13.4. The number of hydrogen-bond donors (Lipinski definition) is 1. The van der Waals surface area contributed by atoms with Crippen LogP contribution in [0, 0.1) is 6.92 Å². The smallest absolute Gasteiger partial charge is 0.342 e. The first-order valence-corrected chi connectivity index (χ1v) is 8.97. The van der Waals surface area contributed by atoms with E-state index in [9.17, 15) is 14.4 Å². The first kappa shape index (κ1) is 19.4. The van der Waals surface area contributed by atoms with Crippen LogP contribution < -0.4 is 10.7 Å². The van der Waals surface area contributed by atoms with E-state index in [4.69, 9.17) is 9.15 Å². The molecule has 1 aromatic heterocycles. The van der Waals surface area contributed by atoms with Crippen molar-refractivity contribution < 1.29 is 18.7 Å². The maximum Gasteiger partial charge on any atom is 0.342 e. The topological polar surface area (TPSA) is 85.6 Å². The third-order valence-electron chi connectivity index (χ3n) is 4.18. The van der Waals surface area contributed by atoms with Crippen molar-refractivity contribution in [2.75, 3.05) is 6.61 Å². The second-order valence-corrected chi connectivity index (χ2v) is 6.73. The van der Waals surface area contributed by atoms with E-state index in [-0.39, 0.29) is 22.6 Å². The molecule has 0 aliphatic carbocycles. The van der Waals surface area contributed by atoms with Gasteiger partial charge in [0, 0.05) is 17.2 Å². The third kappa shape index (κ3) is 3.96. The van der Waals surface area contributed by atoms with Crippen molar-refractivity contribution in [3.8, 4) is 11.3 Å². The normalized spacial score (nSPS) is 10.9. The third-order valence-corrected chi connectivity index (χ3v) is 4.18. The first-order valence-electron chi connectivity index (χ1n) is 8.97. The summed E-state index contributed by atoms with van der Waals surface area (Å²) in [4.78, 5) is 37.1. The molecule has 0 fully saturated rings. The van der Waals surface area contributed by atoms with E-state index in [0.29, 0.717) is 16.7 Å². The molecule has 0 bridgehead atoms. The number of carbonyl (C=O) groups excluding carboxylic acids is 2. The minimum atomic E-state index is -0.726. The van der Waals surface area contributed by atoms with Crippen LogP contribution in [0.2, 0.25) is 0 Å². The Kier molecular flexibility index (Phi) is 5.59. The molecule has 0 unspecified atom stereocenters. The van der Waals surface area contributed by atoms with Gasteiger partial charge in [0.2, 0.25) is 0 Å². The summed E-state index contributed by atoms with van der Waals surface area (Å²) in [5, 5.41) is 2.93. The van der Waals surface area contributed by atoms with E-state index in [1.165, 1.54) is 6.07 Å². The number of nitrogens with one attached hydrogen (secondary N) is 1. The fourth-order valence-corrected chi connectivity index (χ4v) is 2.91. The maximum absolute atomic E-state index is 12.8. The molecule has 1 N–H and O–H groups in total. The molecule has 0 atom stereocenters. The van der Waals surface area contributed by atoms with E-state index in [1.807, 2.05) is 44.2 Å². The Morgan fingerprint density at radius 3 is 2.46 bits per heavy atom. The Bertz CT molecular complexity index is 1080. The Morgan fingerprint density at radius 2 is 1.79 bits per heavy atom. The van der Waals surface area contributed by atoms with E-state index in [2.05, 4.69) is 5.32 Å². The van der Waals surface area contributed by atoms with Gasteiger partial charge >= 0.3 is 5.97 Å². The van der Waals surface area contributed by atoms with Crippen molar-refractivity contribution in [2.24, 2.45) is 0 Å². The molecule has 28 heavy (non-hydrogen) atoms. The van der Waals surface area contributed by atoms with Gasteiger partial charge in [0.05, 0.1) is 5.39 Å². The van der Waals surface area contributed by atoms with E-state index in [0.717, 1.165) is 5.56 Å². The highest BCUT2D eigenvalue weighted by molar-refractivity contribution is 6.02. The molecule has 6 nitrogen and oxygen atoms in total. The summed E-state index contributed by atoms with van der Waals surface area (Å²) in [6.45, 7) is 4.91. The van der Waals surface area contributed by atoms with Crippen LogP contribution in [-0.2, 0) is 9.53 Å². The molecule has 0 saturated carbocycles. The van der Waals surface area contributed by atoms with Crippen LogP contribution in [0.3, 0.4) is 0 Å². The fourth-order valence-electron chi connectivity index (χ4n) is 2.91. The van der Waals surface area contributed by atoms with E-state index in [1.54, 1.807) is 19.1 Å². The van der Waals surface area contributed by atoms with E-state index >= 15 is 0 Å². The number of benzene rings is 2. The molecule has 1 amide bonds. The Balaban J connectivity index is 2.02. The molecule has 3 aromatic rings. The molecule has 0 saturated heterocycles. The lowest BCUT2D eigenvalue weighted by Crippen LogP contribution is -2.34. The van der Waals surface area contributed by atoms with Crippen molar-refractivity contribution in [1.29, 1.82) is 0 Å². The number of ether oxygens (including phenoxy) is 1. The number of amides is 1. The van der Waals surface area contributed by atoms with Crippen LogP contribution in [0.15, 0.2) is 57.7 Å². The zero-order chi connectivity index (χ0) is 20.3. The summed E-state index contributed by atoms with van der Waals surface area (Å²) in [6.07, 6.45) is 0. The minimum absolute atomic E-state index is 0.0572. The monoisotopic (exact) mass is 379 g/mol. The van der Waals surface area contributed by atoms with Gasteiger partial charge in [-0.05, 0) is 32.9 Å². The molecule has 2 aromatic carbocycles. The Hall–Kier alpha value is -3.41. The molecule has 1 heterocycles. The molecular formula is C22H21NO5. The van der Waals surface area contributed by atoms with Gasteiger partial charge < -0.3 is 14.5 Å². The van der Waals surface area contributed by atoms with Gasteiger partial charge in [0.25, 0.3) is 5.91 Å². The second kappa shape index (κ2) is 8.08. The molecule has 0 radical (unpaired) electrons. The summed E-state index contributed by atoms with van der Waals surface area (Å²) in [7, 11) is 0. The van der Waals surface area contributed by atoms with Gasteiger partial charge in [-0.15, -0.1) is 0 Å². The Morgan fingerprint density at radius 1 is 1.07 bits per heavy atom. The molecule has 6 heteroatoms. The molecule has 3 rings (SSSR count). The van der Waals surface area contributed by atoms with Crippen molar-refractivity contribution in [3.63, 3.8) is 0 Å². The number of hydrogen-bond acceptors (Lipinski definition) is 5. The van der Waals surface area contributed by atoms with Crippen molar-refractivity contribution in [1.82, 2.24) is 5.32 Å². The number of carbonyl (C=O) groups is 2. The Labute approximate surface area is 162 Å². The SMILES string of the molecule is Cc1c(-c2ccccc2)oc2c(C(=O)OCC(=O)NC(C)C)cccc2c1=O. The zero-order valence-corrected chi connectivity index (χ0v) is 15.9. The summed E-state index contributed by atoms with van der Waals surface area (Å²) >= 11 is 0. The van der Waals surface area contributed by atoms with Crippen molar-refractivity contribution in [2.45, 2.75) is 26.8 Å². The quantitative estimate of drug-likeness (QED) is 0.686. The minimum Gasteiger partial charge on any atom is -0.455 e. The standard InChI is InChI=1S/C22H21NO5/c1-13(2)23-18(24)12-27-22(26)17-11-7-10-16-19(25)14(3)20(28-21(16)17)15-8-5-4-6-9-15/h4-11,13H,12H2,1-3H3,(H,23,24). The van der Waals surface area contributed by atoms with Gasteiger partial charge in [-0.3, -0.25) is 9.59 Å². The van der Waals surface area contributed by atoms with Gasteiger partial charge in [-0.25, -0.2) is 4.79 Å². The van der Waals surface area contributed by atoms with Gasteiger partial charge in [-0.1, -0.05) is 36.4 Å². The molecular weight excluding hydrogens is 358 g/mol. The summed E-state index contributed by atoms with van der Waals surface area (Å²) < 4.78 is 11.1. The zero-order valence-electron chi connectivity index (χ0n) is 15.9. The van der Waals surface area contributed by atoms with Crippen LogP contribution in [-0.4, -0.2) is 24.5 Å². The van der Waals surface area contributed by atoms with Gasteiger partial charge in [0.1, 0.15) is 11.3 Å². The number of fused-ring (bicyclic) bond motifs is 1. The molecule has 144 valence electrons. The second-order valence-electron chi connectivity index (χ2n) is 6.73. The average molecular weight is 379 g/mol. The highest BCUT2D eigenvalue weighted by atomic mass is 16.5. The van der Waals surface area contributed by atoms with Crippen molar-refractivity contribution >= 4 is 22.8 Å². The van der Waals surface area contributed by atoms with Gasteiger partial charge in [0.15, 0.2) is 17.6 Å². The highest BCUT2D eigenvalue weighted by Gasteiger charge is 2.20. The van der Waals surface area contributed by atoms with Crippen LogP contribution in [0.5, 0.6) is 0 Å². The van der Waals surface area contributed by atoms with Crippen LogP contribution in [0.25, 0.3) is 22.3 Å². The molecule has 0 aliphatic heterocycles. The molecule has 0 aliphatic rings. The number of rotatable bonds is 5. The van der Waals surface area contributed by atoms with E-state index < -0.39 is 18.5 Å². The lowest BCUT2D eigenvalue weighted by molar-refractivity contribution is -0.124. The predicted molar refractivity (Wildman–Crippen MR) is 106 cm³/mol. The lowest BCUT2D eigenvalue weighted by atomic mass is 10.0. The summed E-state index contributed by atoms with van der Waals surface area (Å²) in [5.41, 5.74) is 1.22. The van der Waals surface area contributed by atoms with Crippen LogP contribution >= 0.6 is 0 Å². The van der Waals surface area contributed by atoms with Crippen LogP contribution in [0.1, 0.15) is 29.8 Å². The molecule has 0 spiro atoms. The highest BCUT2D eigenvalue weighted by Crippen LogP contribution is 2.27. The largest absolute Gasteiger partial charge is 0.455 e. The number of para-hydroxylation sites is 1. The fraction of sp³-hybridized carbons (Fsp3) is 0.227. The van der Waals surface area contributed by atoms with Gasteiger partial charge in [-0.2, -0.15) is 0 Å². The summed E-state index contributed by atoms with van der Waals surface area (Å²) in [6, 6.07) is 13.8. The average Bonchev–Trinajstić information content (AvgIpc) is 2.68. The predicted octanol–water partition coefficient (Wildman–Crippen LogP) is 3.45. The lowest BCUT2D eigenvalue weighted by Gasteiger charge is -2.11. The number of esters is 1.